The van der Waals surface area contributed by atoms with Crippen molar-refractivity contribution in [1.82, 2.24) is 0 Å². The fourth-order valence-corrected chi connectivity index (χ4v) is 6.29. The molecular formula is C27H26N4O4. The van der Waals surface area contributed by atoms with Crippen molar-refractivity contribution in [2.75, 3.05) is 0 Å². The van der Waals surface area contributed by atoms with E-state index in [0.29, 0.717) is 28.3 Å². The number of aliphatic imine (C=N–C) groups is 4. The molecule has 2 aromatic rings. The summed E-state index contributed by atoms with van der Waals surface area (Å²) >= 11 is 0. The van der Waals surface area contributed by atoms with Gasteiger partial charge < -0.3 is 0 Å². The number of hydrogen-bond donors (Lipinski definition) is 0. The normalized spacial score (nSPS) is 16.6. The molecule has 35 heavy (non-hydrogen) atoms. The number of rotatable bonds is 7. The molecule has 2 fully saturated rings. The molecule has 0 radical (unpaired) electrons. The van der Waals surface area contributed by atoms with E-state index in [1.165, 1.54) is 25.0 Å². The summed E-state index contributed by atoms with van der Waals surface area (Å²) in [7, 11) is 0. The quantitative estimate of drug-likeness (QED) is 0.321. The molecule has 2 aliphatic rings. The lowest BCUT2D eigenvalue weighted by Crippen LogP contribution is -2.26. The summed E-state index contributed by atoms with van der Waals surface area (Å²) in [4.78, 5) is 61.4. The van der Waals surface area contributed by atoms with Crippen molar-refractivity contribution in [2.24, 2.45) is 31.8 Å². The van der Waals surface area contributed by atoms with Crippen LogP contribution in [0.3, 0.4) is 0 Å². The van der Waals surface area contributed by atoms with Gasteiger partial charge in [0, 0.05) is 10.8 Å². The highest BCUT2D eigenvalue weighted by atomic mass is 16.1. The molecule has 0 saturated heterocycles. The van der Waals surface area contributed by atoms with Gasteiger partial charge in [0.15, 0.2) is 0 Å². The third-order valence-electron chi connectivity index (χ3n) is 7.56. The molecule has 2 saturated carbocycles. The summed E-state index contributed by atoms with van der Waals surface area (Å²) in [6.45, 7) is 0. The predicted molar refractivity (Wildman–Crippen MR) is 131 cm³/mol. The molecule has 8 nitrogen and oxygen atoms in total. The van der Waals surface area contributed by atoms with Crippen molar-refractivity contribution in [2.45, 2.75) is 70.1 Å². The van der Waals surface area contributed by atoms with E-state index < -0.39 is 0 Å². The first kappa shape index (κ1) is 24.3. The second-order valence-corrected chi connectivity index (χ2v) is 9.29. The Kier molecular flexibility index (Phi) is 8.05. The Morgan fingerprint density at radius 1 is 0.629 bits per heavy atom. The van der Waals surface area contributed by atoms with E-state index in [4.69, 9.17) is 0 Å². The molecule has 2 aromatic carbocycles. The molecule has 2 aliphatic carbocycles. The van der Waals surface area contributed by atoms with Crippen LogP contribution in [0.15, 0.2) is 38.2 Å². The van der Waals surface area contributed by atoms with Gasteiger partial charge in [-0.05, 0) is 55.1 Å². The molecule has 4 rings (SSSR count). The van der Waals surface area contributed by atoms with E-state index in [0.717, 1.165) is 56.9 Å². The molecule has 0 spiro atoms. The van der Waals surface area contributed by atoms with E-state index in [1.54, 1.807) is 30.4 Å². The molecule has 0 bridgehead atoms. The lowest BCUT2D eigenvalue weighted by atomic mass is 9.65. The minimum Gasteiger partial charge on any atom is -0.211 e. The summed E-state index contributed by atoms with van der Waals surface area (Å²) in [6, 6.07) is 5.09. The molecular weight excluding hydrogens is 444 g/mol. The zero-order valence-electron chi connectivity index (χ0n) is 19.5. The van der Waals surface area contributed by atoms with Gasteiger partial charge in [-0.25, -0.2) is 19.2 Å². The van der Waals surface area contributed by atoms with Crippen molar-refractivity contribution in [3.8, 4) is 0 Å². The second-order valence-electron chi connectivity index (χ2n) is 9.29. The van der Waals surface area contributed by atoms with Gasteiger partial charge in [0.2, 0.25) is 24.3 Å². The van der Waals surface area contributed by atoms with Gasteiger partial charge in [-0.3, -0.25) is 0 Å². The second kappa shape index (κ2) is 11.6. The molecule has 178 valence electrons. The number of nitrogens with zero attached hydrogens (tertiary/aromatic N) is 4. The van der Waals surface area contributed by atoms with Crippen molar-refractivity contribution in [3.63, 3.8) is 0 Å². The van der Waals surface area contributed by atoms with Gasteiger partial charge in [-0.1, -0.05) is 50.7 Å². The third kappa shape index (κ3) is 4.88. The molecule has 0 heterocycles. The average molecular weight is 471 g/mol. The zero-order chi connectivity index (χ0) is 24.6. The van der Waals surface area contributed by atoms with Crippen LogP contribution in [0.4, 0.5) is 22.7 Å². The molecule has 0 atom stereocenters. The van der Waals surface area contributed by atoms with E-state index in [2.05, 4.69) is 20.0 Å². The monoisotopic (exact) mass is 470 g/mol. The molecule has 0 aliphatic heterocycles. The Balaban J connectivity index is 2.19. The Labute approximate surface area is 203 Å². The average Bonchev–Trinajstić information content (AvgIpc) is 2.89. The van der Waals surface area contributed by atoms with E-state index in [1.807, 2.05) is 0 Å². The van der Waals surface area contributed by atoms with Crippen molar-refractivity contribution in [3.05, 3.63) is 23.8 Å². The smallest absolute Gasteiger partial charge is 0.211 e. The van der Waals surface area contributed by atoms with Crippen LogP contribution in [-0.2, 0) is 19.2 Å². The summed E-state index contributed by atoms with van der Waals surface area (Å²) < 4.78 is 0. The Bertz CT molecular complexity index is 1280. The van der Waals surface area contributed by atoms with Crippen molar-refractivity contribution >= 4 is 57.8 Å². The minimum atomic E-state index is -0.0157. The lowest BCUT2D eigenvalue weighted by Gasteiger charge is -2.39. The van der Waals surface area contributed by atoms with Gasteiger partial charge in [0.25, 0.3) is 0 Å². The highest BCUT2D eigenvalue weighted by molar-refractivity contribution is 6.11. The SMILES string of the molecule is O=C=Nc1c(N=C=O)c(C(C2CCCCC2)C2CCCCC2)c2c(N=C=O)cccc2c1N=C=O. The summed E-state index contributed by atoms with van der Waals surface area (Å²) in [5, 5.41) is 1.06. The van der Waals surface area contributed by atoms with Gasteiger partial charge in [-0.15, -0.1) is 0 Å². The van der Waals surface area contributed by atoms with Crippen molar-refractivity contribution < 1.29 is 19.2 Å². The van der Waals surface area contributed by atoms with E-state index >= 15 is 0 Å². The van der Waals surface area contributed by atoms with Crippen LogP contribution in [0.25, 0.3) is 10.8 Å². The first-order valence-corrected chi connectivity index (χ1v) is 12.2. The molecule has 0 aromatic heterocycles. The van der Waals surface area contributed by atoms with Gasteiger partial charge in [0.05, 0.1) is 5.69 Å². The standard InChI is InChI=1S/C27H26N4O4/c32-14-28-21-13-7-12-20-23(21)24(26(30-16-34)27(31-17-35)25(20)29-15-33)22(18-8-3-1-4-9-18)19-10-5-2-6-11-19/h7,12-13,18-19,22H,1-6,8-11H2. The Morgan fingerprint density at radius 2 is 1.14 bits per heavy atom. The van der Waals surface area contributed by atoms with Crippen molar-refractivity contribution in [1.29, 1.82) is 0 Å². The fraction of sp³-hybridized carbons (Fsp3) is 0.481. The molecule has 0 unspecified atom stereocenters. The van der Waals surface area contributed by atoms with Crippen LogP contribution in [0.2, 0.25) is 0 Å². The highest BCUT2D eigenvalue weighted by Gasteiger charge is 2.37. The first-order chi connectivity index (χ1) is 17.2. The zero-order valence-corrected chi connectivity index (χ0v) is 19.5. The maximum Gasteiger partial charge on any atom is 0.240 e. The third-order valence-corrected chi connectivity index (χ3v) is 7.56. The van der Waals surface area contributed by atoms with E-state index in [9.17, 15) is 19.2 Å². The molecule has 0 N–H and O–H groups in total. The minimum absolute atomic E-state index is 0.00284. The number of fused-ring (bicyclic) bond motifs is 1. The maximum absolute atomic E-state index is 11.6. The van der Waals surface area contributed by atoms with Crippen LogP contribution >= 0.6 is 0 Å². The van der Waals surface area contributed by atoms with Crippen LogP contribution < -0.4 is 0 Å². The molecule has 0 amide bonds. The number of carbonyl (C=O) groups excluding carboxylic acids is 4. The maximum atomic E-state index is 11.6. The van der Waals surface area contributed by atoms with Crippen LogP contribution in [-0.4, -0.2) is 24.3 Å². The Hall–Kier alpha value is -3.78. The lowest BCUT2D eigenvalue weighted by molar-refractivity contribution is 0.204. The number of isocyanates is 4. The molecule has 8 heteroatoms. The topological polar surface area (TPSA) is 118 Å². The first-order valence-electron chi connectivity index (χ1n) is 12.2. The van der Waals surface area contributed by atoms with Crippen LogP contribution in [0.1, 0.15) is 75.7 Å². The van der Waals surface area contributed by atoms with Gasteiger partial charge >= 0.3 is 0 Å². The van der Waals surface area contributed by atoms with E-state index in [-0.39, 0.29) is 23.0 Å². The number of benzene rings is 2. The summed E-state index contributed by atoms with van der Waals surface area (Å²) in [6.07, 6.45) is 17.2. The van der Waals surface area contributed by atoms with Gasteiger partial charge in [-0.2, -0.15) is 20.0 Å². The summed E-state index contributed by atoms with van der Waals surface area (Å²) in [5.41, 5.74) is 1.22. The van der Waals surface area contributed by atoms with Gasteiger partial charge in [0.1, 0.15) is 17.1 Å². The highest BCUT2D eigenvalue weighted by Crippen LogP contribution is 2.56. The predicted octanol–water partition coefficient (Wildman–Crippen LogP) is 6.95. The fourth-order valence-electron chi connectivity index (χ4n) is 6.29. The largest absolute Gasteiger partial charge is 0.240 e. The number of hydrogen-bond acceptors (Lipinski definition) is 8. The van der Waals surface area contributed by atoms with Crippen LogP contribution in [0, 0.1) is 11.8 Å². The Morgan fingerprint density at radius 3 is 1.69 bits per heavy atom. The summed E-state index contributed by atoms with van der Waals surface area (Å²) in [5.74, 6) is 0.665. The van der Waals surface area contributed by atoms with Crippen LogP contribution in [0.5, 0.6) is 0 Å².